The van der Waals surface area contributed by atoms with E-state index in [1.165, 1.54) is 19.3 Å². The number of rotatable bonds is 13. The van der Waals surface area contributed by atoms with Gasteiger partial charge in [0, 0.05) is 6.42 Å². The van der Waals surface area contributed by atoms with Gasteiger partial charge in [-0.05, 0) is 47.0 Å². The Bertz CT molecular complexity index is 260. The third-order valence-electron chi connectivity index (χ3n) is 3.57. The molecule has 0 spiro atoms. The summed E-state index contributed by atoms with van der Waals surface area (Å²) in [4.78, 5) is 0. The van der Waals surface area contributed by atoms with Gasteiger partial charge in [0.25, 0.3) is 5.97 Å². The van der Waals surface area contributed by atoms with Gasteiger partial charge in [-0.15, -0.1) is 0 Å². The molecular weight excluding hydrogens is 276 g/mol. The van der Waals surface area contributed by atoms with E-state index in [2.05, 4.69) is 48.5 Å². The van der Waals surface area contributed by atoms with Gasteiger partial charge in [0.1, 0.15) is 0 Å². The molecular formula is C19H40O3. The molecule has 0 aliphatic heterocycles. The molecule has 2 atom stereocenters. The maximum Gasteiger partial charge on any atom is 0.283 e. The molecule has 22 heavy (non-hydrogen) atoms. The van der Waals surface area contributed by atoms with Crippen molar-refractivity contribution in [2.75, 3.05) is 6.61 Å². The van der Waals surface area contributed by atoms with E-state index in [0.717, 1.165) is 32.1 Å². The van der Waals surface area contributed by atoms with Crippen LogP contribution in [0.2, 0.25) is 0 Å². The van der Waals surface area contributed by atoms with Gasteiger partial charge in [-0.25, -0.2) is 0 Å². The quantitative estimate of drug-likeness (QED) is 0.305. The van der Waals surface area contributed by atoms with Gasteiger partial charge in [0.2, 0.25) is 0 Å². The summed E-state index contributed by atoms with van der Waals surface area (Å²) in [5, 5.41) is 0. The highest BCUT2D eigenvalue weighted by Crippen LogP contribution is 2.31. The zero-order chi connectivity index (χ0) is 17.1. The standard InChI is InChI=1S/C19H40O3/c1-8-11-13-14-15-19(20-16-12-9-2,21-17(4)10-3)22-18(5,6)7/h17H,8-16H2,1-7H3. The first-order valence-electron chi connectivity index (χ1n) is 9.30. The van der Waals surface area contributed by atoms with E-state index in [9.17, 15) is 0 Å². The first-order chi connectivity index (χ1) is 10.3. The summed E-state index contributed by atoms with van der Waals surface area (Å²) < 4.78 is 18.7. The normalized spacial score (nSPS) is 16.5. The van der Waals surface area contributed by atoms with Gasteiger partial charge >= 0.3 is 0 Å². The Kier molecular flexibility index (Phi) is 11.4. The topological polar surface area (TPSA) is 27.7 Å². The molecule has 0 radical (unpaired) electrons. The largest absolute Gasteiger partial charge is 0.327 e. The number of unbranched alkanes of at least 4 members (excludes halogenated alkanes) is 4. The van der Waals surface area contributed by atoms with Gasteiger partial charge in [-0.3, -0.25) is 0 Å². The van der Waals surface area contributed by atoms with E-state index in [0.29, 0.717) is 6.61 Å². The van der Waals surface area contributed by atoms with Gasteiger partial charge in [-0.1, -0.05) is 46.5 Å². The maximum absolute atomic E-state index is 6.28. The Morgan fingerprint density at radius 2 is 1.50 bits per heavy atom. The number of hydrogen-bond acceptors (Lipinski definition) is 3. The molecule has 0 saturated carbocycles. The lowest BCUT2D eigenvalue weighted by Crippen LogP contribution is -2.47. The lowest BCUT2D eigenvalue weighted by molar-refractivity contribution is -0.418. The zero-order valence-electron chi connectivity index (χ0n) is 16.2. The van der Waals surface area contributed by atoms with Crippen LogP contribution >= 0.6 is 0 Å². The molecule has 0 aromatic carbocycles. The van der Waals surface area contributed by atoms with Crippen molar-refractivity contribution in [2.45, 2.75) is 118 Å². The fraction of sp³-hybridized carbons (Fsp3) is 1.00. The second-order valence-corrected chi connectivity index (χ2v) is 7.25. The van der Waals surface area contributed by atoms with Crippen molar-refractivity contribution in [3.05, 3.63) is 0 Å². The second-order valence-electron chi connectivity index (χ2n) is 7.25. The van der Waals surface area contributed by atoms with Crippen LogP contribution in [0.3, 0.4) is 0 Å². The molecule has 0 aromatic heterocycles. The first kappa shape index (κ1) is 21.9. The highest BCUT2D eigenvalue weighted by atomic mass is 16.9. The summed E-state index contributed by atoms with van der Waals surface area (Å²) in [6, 6.07) is 0. The van der Waals surface area contributed by atoms with Crippen molar-refractivity contribution in [3.8, 4) is 0 Å². The molecule has 0 saturated heterocycles. The van der Waals surface area contributed by atoms with Crippen LogP contribution in [0.25, 0.3) is 0 Å². The predicted octanol–water partition coefficient (Wildman–Crippen LogP) is 6.06. The maximum atomic E-state index is 6.28. The van der Waals surface area contributed by atoms with Crippen molar-refractivity contribution in [1.29, 1.82) is 0 Å². The van der Waals surface area contributed by atoms with E-state index in [-0.39, 0.29) is 11.7 Å². The van der Waals surface area contributed by atoms with Crippen LogP contribution in [0, 0.1) is 0 Å². The fourth-order valence-corrected chi connectivity index (χ4v) is 2.27. The highest BCUT2D eigenvalue weighted by Gasteiger charge is 2.38. The minimum atomic E-state index is -0.892. The average Bonchev–Trinajstić information content (AvgIpc) is 2.42. The molecule has 0 aliphatic rings. The van der Waals surface area contributed by atoms with E-state index >= 15 is 0 Å². The summed E-state index contributed by atoms with van der Waals surface area (Å²) in [6.45, 7) is 15.5. The van der Waals surface area contributed by atoms with E-state index in [4.69, 9.17) is 14.2 Å². The number of hydrogen-bond donors (Lipinski definition) is 0. The molecule has 134 valence electrons. The van der Waals surface area contributed by atoms with Crippen LogP contribution in [-0.2, 0) is 14.2 Å². The van der Waals surface area contributed by atoms with Crippen molar-refractivity contribution in [2.24, 2.45) is 0 Å². The third kappa shape index (κ3) is 10.6. The minimum absolute atomic E-state index is 0.134. The molecule has 0 aromatic rings. The third-order valence-corrected chi connectivity index (χ3v) is 3.57. The van der Waals surface area contributed by atoms with Crippen molar-refractivity contribution >= 4 is 0 Å². The van der Waals surface area contributed by atoms with Gasteiger partial charge in [0.05, 0.1) is 18.3 Å². The summed E-state index contributed by atoms with van der Waals surface area (Å²) >= 11 is 0. The molecule has 0 bridgehead atoms. The Balaban J connectivity index is 4.93. The Hall–Kier alpha value is -0.120. The first-order valence-corrected chi connectivity index (χ1v) is 9.30. The minimum Gasteiger partial charge on any atom is -0.327 e. The molecule has 3 nitrogen and oxygen atoms in total. The predicted molar refractivity (Wildman–Crippen MR) is 94.0 cm³/mol. The highest BCUT2D eigenvalue weighted by molar-refractivity contribution is 4.69. The fourth-order valence-electron chi connectivity index (χ4n) is 2.27. The molecule has 0 aliphatic carbocycles. The Labute approximate surface area is 139 Å². The molecule has 0 N–H and O–H groups in total. The smallest absolute Gasteiger partial charge is 0.283 e. The molecule has 0 heterocycles. The molecule has 0 rings (SSSR count). The summed E-state index contributed by atoms with van der Waals surface area (Å²) in [5.41, 5.74) is -0.287. The lowest BCUT2D eigenvalue weighted by Gasteiger charge is -2.40. The van der Waals surface area contributed by atoms with Crippen molar-refractivity contribution < 1.29 is 14.2 Å². The Morgan fingerprint density at radius 1 is 0.864 bits per heavy atom. The van der Waals surface area contributed by atoms with E-state index in [1.54, 1.807) is 0 Å². The van der Waals surface area contributed by atoms with Gasteiger partial charge < -0.3 is 14.2 Å². The molecule has 0 fully saturated rings. The Morgan fingerprint density at radius 3 is 2.00 bits per heavy atom. The summed E-state index contributed by atoms with van der Waals surface area (Å²) in [6.07, 6.45) is 8.81. The number of ether oxygens (including phenoxy) is 3. The van der Waals surface area contributed by atoms with Crippen LogP contribution in [0.4, 0.5) is 0 Å². The van der Waals surface area contributed by atoms with Crippen molar-refractivity contribution in [1.82, 2.24) is 0 Å². The lowest BCUT2D eigenvalue weighted by atomic mass is 10.1. The van der Waals surface area contributed by atoms with Gasteiger partial charge in [0.15, 0.2) is 0 Å². The summed E-state index contributed by atoms with van der Waals surface area (Å²) in [7, 11) is 0. The zero-order valence-corrected chi connectivity index (χ0v) is 16.2. The molecule has 0 amide bonds. The van der Waals surface area contributed by atoms with Crippen LogP contribution < -0.4 is 0 Å². The van der Waals surface area contributed by atoms with Crippen LogP contribution in [0.1, 0.15) is 99.8 Å². The van der Waals surface area contributed by atoms with Crippen molar-refractivity contribution in [3.63, 3.8) is 0 Å². The SMILES string of the molecule is CCCCCCC(OCCCC)(OC(C)CC)OC(C)(C)C. The van der Waals surface area contributed by atoms with E-state index in [1.807, 2.05) is 0 Å². The average molecular weight is 317 g/mol. The monoisotopic (exact) mass is 316 g/mol. The second kappa shape index (κ2) is 11.4. The van der Waals surface area contributed by atoms with Crippen LogP contribution in [-0.4, -0.2) is 24.3 Å². The molecule has 2 unspecified atom stereocenters. The molecule has 3 heteroatoms. The van der Waals surface area contributed by atoms with Crippen LogP contribution in [0.5, 0.6) is 0 Å². The summed E-state index contributed by atoms with van der Waals surface area (Å²) in [5.74, 6) is -0.892. The van der Waals surface area contributed by atoms with E-state index < -0.39 is 5.97 Å². The van der Waals surface area contributed by atoms with Gasteiger partial charge in [-0.2, -0.15) is 0 Å². The van der Waals surface area contributed by atoms with Crippen LogP contribution in [0.15, 0.2) is 0 Å².